The zero-order valence-corrected chi connectivity index (χ0v) is 27.4. The highest BCUT2D eigenvalue weighted by atomic mass is 79.9. The smallest absolute Gasteiger partial charge is 0.229 e. The molecule has 0 aliphatic carbocycles. The molecule has 0 unspecified atom stereocenters. The second kappa shape index (κ2) is 15.6. The van der Waals surface area contributed by atoms with Crippen LogP contribution in [0, 0.1) is 0 Å². The number of hydrogen-bond donors (Lipinski definition) is 4. The van der Waals surface area contributed by atoms with E-state index in [0.717, 1.165) is 60.6 Å². The molecule has 13 heteroatoms. The number of rotatable bonds is 12. The van der Waals surface area contributed by atoms with Crippen molar-refractivity contribution in [3.8, 4) is 5.75 Å². The highest BCUT2D eigenvalue weighted by Gasteiger charge is 2.20. The summed E-state index contributed by atoms with van der Waals surface area (Å²) >= 11 is 3.55. The van der Waals surface area contributed by atoms with Crippen LogP contribution in [0.4, 0.5) is 23.1 Å². The number of methoxy groups -OCH3 is 1. The molecule has 0 amide bonds. The number of aromatic nitrogens is 4. The van der Waals surface area contributed by atoms with Crippen LogP contribution in [0.25, 0.3) is 11.6 Å². The Morgan fingerprint density at radius 2 is 2.00 bits per heavy atom. The summed E-state index contributed by atoms with van der Waals surface area (Å²) in [6.07, 6.45) is 13.1. The summed E-state index contributed by atoms with van der Waals surface area (Å²) in [7, 11) is 3.23. The van der Waals surface area contributed by atoms with Crippen molar-refractivity contribution in [3.63, 3.8) is 0 Å². The fourth-order valence-electron chi connectivity index (χ4n) is 4.52. The van der Waals surface area contributed by atoms with Gasteiger partial charge in [-0.25, -0.2) is 4.98 Å². The van der Waals surface area contributed by atoms with E-state index in [1.807, 2.05) is 24.3 Å². The Balaban J connectivity index is 1.60. The Hall–Kier alpha value is -3.86. The second-order valence-corrected chi connectivity index (χ2v) is 13.3. The fourth-order valence-corrected chi connectivity index (χ4v) is 5.66. The first kappa shape index (κ1) is 32.1. The maximum Gasteiger partial charge on any atom is 0.229 e. The molecule has 2 aromatic heterocycles. The highest BCUT2D eigenvalue weighted by molar-refractivity contribution is 9.10. The van der Waals surface area contributed by atoms with Gasteiger partial charge in [-0.1, -0.05) is 6.58 Å². The van der Waals surface area contributed by atoms with E-state index in [9.17, 15) is 0 Å². The third-order valence-corrected chi connectivity index (χ3v) is 8.03. The van der Waals surface area contributed by atoms with E-state index in [4.69, 9.17) is 15.5 Å². The Kier molecular flexibility index (Phi) is 11.6. The van der Waals surface area contributed by atoms with E-state index in [2.05, 4.69) is 76.6 Å². The largest absolute Gasteiger partial charge is 0.494 e. The lowest BCUT2D eigenvalue weighted by atomic mass is 10.0. The van der Waals surface area contributed by atoms with E-state index >= 15 is 0 Å². The van der Waals surface area contributed by atoms with Gasteiger partial charge in [-0.3, -0.25) is 15.0 Å². The van der Waals surface area contributed by atoms with Crippen LogP contribution in [0.15, 0.2) is 64.7 Å². The molecule has 1 fully saturated rings. The van der Waals surface area contributed by atoms with Crippen molar-refractivity contribution in [1.29, 1.82) is 0 Å². The van der Waals surface area contributed by atoms with Gasteiger partial charge in [0.15, 0.2) is 0 Å². The number of aliphatic imine (C=N–C) groups is 1. The first-order valence-electron chi connectivity index (χ1n) is 13.7. The monoisotopic (exact) mass is 664 g/mol. The number of nitrogens with two attached hydrogens (primary N) is 1. The molecule has 0 radical (unpaired) electrons. The standard InChI is InChI=1S/C30H38BrN10OP/c1-20(6-7-24-26(19-43(4)5)36-9-8-35-24)38-29-23(31)18-37-30(40-29)39-25-14-22(21(16-32)17-33-2)27(15-28(25)42-3)41-12-10-34-11-13-41/h6-9,14-18,34H,1,10-13,19,32H2,2-5H3,(H2,37,38,39,40)/b7-6-,21-16?,33-17?. The number of halogens is 1. The summed E-state index contributed by atoms with van der Waals surface area (Å²) < 4.78 is 6.49. The molecule has 3 aromatic rings. The van der Waals surface area contributed by atoms with Crippen LogP contribution in [-0.4, -0.2) is 79.8 Å². The molecule has 3 heterocycles. The summed E-state index contributed by atoms with van der Waals surface area (Å²) in [5.74, 6) is 1.58. The SMILES string of the molecule is C=C(/C=C\c1nccnc1CP(C)C)Nc1nc(Nc2cc(C(C=NC)=CN)c(N3CCNCC3)cc2OC)ncc1Br. The molecule has 0 bridgehead atoms. The lowest BCUT2D eigenvalue weighted by Gasteiger charge is -2.32. The summed E-state index contributed by atoms with van der Waals surface area (Å²) in [5.41, 5.74) is 11.9. The summed E-state index contributed by atoms with van der Waals surface area (Å²) in [4.78, 5) is 24.7. The van der Waals surface area contributed by atoms with Gasteiger partial charge in [-0.15, -0.1) is 7.92 Å². The number of nitrogens with one attached hydrogen (secondary N) is 3. The van der Waals surface area contributed by atoms with E-state index in [1.165, 1.54) is 0 Å². The molecule has 0 atom stereocenters. The zero-order valence-electron chi connectivity index (χ0n) is 24.9. The molecule has 1 aromatic carbocycles. The van der Waals surface area contributed by atoms with Gasteiger partial charge < -0.3 is 31.3 Å². The third-order valence-electron chi connectivity index (χ3n) is 6.52. The molecule has 1 aliphatic rings. The van der Waals surface area contributed by atoms with Gasteiger partial charge in [0.05, 0.1) is 28.7 Å². The van der Waals surface area contributed by atoms with Gasteiger partial charge in [-0.05, 0) is 47.5 Å². The minimum absolute atomic E-state index is 0.141. The topological polar surface area (TPSA) is 138 Å². The molecular formula is C30H38BrN10OP. The Morgan fingerprint density at radius 3 is 2.70 bits per heavy atom. The van der Waals surface area contributed by atoms with Crippen LogP contribution in [0.2, 0.25) is 0 Å². The van der Waals surface area contributed by atoms with Gasteiger partial charge in [-0.2, -0.15) is 4.98 Å². The van der Waals surface area contributed by atoms with E-state index in [0.29, 0.717) is 33.4 Å². The molecule has 0 saturated carbocycles. The highest BCUT2D eigenvalue weighted by Crippen LogP contribution is 2.38. The van der Waals surface area contributed by atoms with Gasteiger partial charge in [0.1, 0.15) is 11.6 Å². The fraction of sp³-hybridized carbons (Fsp3) is 0.300. The van der Waals surface area contributed by atoms with Gasteiger partial charge >= 0.3 is 0 Å². The maximum absolute atomic E-state index is 6.04. The molecule has 43 heavy (non-hydrogen) atoms. The first-order valence-corrected chi connectivity index (χ1v) is 16.9. The summed E-state index contributed by atoms with van der Waals surface area (Å²) in [6, 6.07) is 4.01. The molecule has 11 nitrogen and oxygen atoms in total. The van der Waals surface area contributed by atoms with Crippen LogP contribution in [0.3, 0.4) is 0 Å². The van der Waals surface area contributed by atoms with Crippen molar-refractivity contribution in [2.24, 2.45) is 10.7 Å². The number of ether oxygens (including phenoxy) is 1. The van der Waals surface area contributed by atoms with Crippen molar-refractivity contribution < 1.29 is 4.74 Å². The van der Waals surface area contributed by atoms with Crippen LogP contribution in [0.5, 0.6) is 5.75 Å². The zero-order chi connectivity index (χ0) is 30.8. The van der Waals surface area contributed by atoms with E-state index in [-0.39, 0.29) is 7.92 Å². The number of benzene rings is 1. The van der Waals surface area contributed by atoms with Crippen LogP contribution >= 0.6 is 23.9 Å². The molecule has 5 N–H and O–H groups in total. The molecule has 1 saturated heterocycles. The van der Waals surface area contributed by atoms with Gasteiger partial charge in [0, 0.05) is 99.0 Å². The normalized spacial score (nSPS) is 14.1. The Morgan fingerprint density at radius 1 is 1.23 bits per heavy atom. The first-order chi connectivity index (χ1) is 20.8. The maximum atomic E-state index is 6.04. The number of anilines is 4. The summed E-state index contributed by atoms with van der Waals surface area (Å²) in [6.45, 7) is 12.1. The van der Waals surface area contributed by atoms with Crippen LogP contribution in [0.1, 0.15) is 17.0 Å². The molecule has 4 rings (SSSR count). The van der Waals surface area contributed by atoms with Crippen molar-refractivity contribution in [1.82, 2.24) is 25.3 Å². The molecule has 0 spiro atoms. The van der Waals surface area contributed by atoms with Gasteiger partial charge in [0.2, 0.25) is 5.95 Å². The predicted octanol–water partition coefficient (Wildman–Crippen LogP) is 5.07. The Labute approximate surface area is 262 Å². The van der Waals surface area contributed by atoms with Crippen molar-refractivity contribution in [3.05, 3.63) is 76.7 Å². The Bertz CT molecular complexity index is 1520. The number of hydrogen-bond acceptors (Lipinski definition) is 11. The van der Waals surface area contributed by atoms with Gasteiger partial charge in [0.25, 0.3) is 0 Å². The predicted molar refractivity (Wildman–Crippen MR) is 184 cm³/mol. The minimum Gasteiger partial charge on any atom is -0.494 e. The average molecular weight is 666 g/mol. The average Bonchev–Trinajstić information content (AvgIpc) is 3.01. The van der Waals surface area contributed by atoms with E-state index < -0.39 is 0 Å². The molecule has 226 valence electrons. The quantitative estimate of drug-likeness (QED) is 0.118. The molecular weight excluding hydrogens is 627 g/mol. The number of piperazine rings is 1. The van der Waals surface area contributed by atoms with E-state index in [1.54, 1.807) is 45.2 Å². The van der Waals surface area contributed by atoms with Crippen molar-refractivity contribution in [2.45, 2.75) is 6.16 Å². The number of allylic oxidation sites excluding steroid dienone is 2. The third kappa shape index (κ3) is 8.59. The lowest BCUT2D eigenvalue weighted by Crippen LogP contribution is -2.43. The lowest BCUT2D eigenvalue weighted by molar-refractivity contribution is 0.416. The second-order valence-electron chi connectivity index (χ2n) is 9.94. The van der Waals surface area contributed by atoms with Crippen molar-refractivity contribution in [2.75, 3.05) is 69.2 Å². The number of nitrogens with zero attached hydrogens (tertiary/aromatic N) is 6. The van der Waals surface area contributed by atoms with Crippen LogP contribution < -0.4 is 31.3 Å². The molecule has 1 aliphatic heterocycles. The minimum atomic E-state index is -0.141. The van der Waals surface area contributed by atoms with Crippen molar-refractivity contribution >= 4 is 64.9 Å². The summed E-state index contributed by atoms with van der Waals surface area (Å²) in [5, 5.41) is 9.98. The van der Waals surface area contributed by atoms with Crippen LogP contribution in [-0.2, 0) is 6.16 Å².